The third-order valence-electron chi connectivity index (χ3n) is 1.87. The van der Waals surface area contributed by atoms with Gasteiger partial charge in [0.1, 0.15) is 0 Å². The molecule has 0 bridgehead atoms. The quantitative estimate of drug-likeness (QED) is 0.446. The van der Waals surface area contributed by atoms with Gasteiger partial charge in [0.15, 0.2) is 8.32 Å². The maximum absolute atomic E-state index is 5.76. The Morgan fingerprint density at radius 3 is 2.31 bits per heavy atom. The minimum atomic E-state index is -1.30. The van der Waals surface area contributed by atoms with Crippen LogP contribution >= 0.6 is 0 Å². The van der Waals surface area contributed by atoms with E-state index in [0.717, 1.165) is 13.0 Å². The van der Waals surface area contributed by atoms with E-state index < -0.39 is 8.32 Å². The summed E-state index contributed by atoms with van der Waals surface area (Å²) in [6, 6.07) is 0. The van der Waals surface area contributed by atoms with Gasteiger partial charge in [0.2, 0.25) is 0 Å². The van der Waals surface area contributed by atoms with Gasteiger partial charge in [0.05, 0.1) is 0 Å². The van der Waals surface area contributed by atoms with Gasteiger partial charge in [-0.25, -0.2) is 0 Å². The molecule has 78 valence electrons. The van der Waals surface area contributed by atoms with Crippen LogP contribution in [-0.2, 0) is 4.43 Å². The van der Waals surface area contributed by atoms with E-state index in [1.807, 2.05) is 0 Å². The Hall–Kier alpha value is -0.0831. The van der Waals surface area contributed by atoms with Crippen molar-refractivity contribution in [1.82, 2.24) is 0 Å². The number of hydrogen-bond acceptors (Lipinski definition) is 1. The average Bonchev–Trinajstić information content (AvgIpc) is 1.98. The molecule has 0 unspecified atom stereocenters. The maximum Gasteiger partial charge on any atom is 0.183 e. The Bertz CT molecular complexity index is 147. The molecule has 1 nitrogen and oxygen atoms in total. The van der Waals surface area contributed by atoms with Gasteiger partial charge in [0, 0.05) is 6.61 Å². The van der Waals surface area contributed by atoms with Crippen LogP contribution in [0, 0.1) is 0 Å². The van der Waals surface area contributed by atoms with Crippen molar-refractivity contribution < 1.29 is 4.43 Å². The summed E-state index contributed by atoms with van der Waals surface area (Å²) in [6.07, 6.45) is 4.75. The second-order valence-electron chi connectivity index (χ2n) is 4.56. The summed E-state index contributed by atoms with van der Waals surface area (Å²) in [7, 11) is -1.30. The molecule has 0 saturated heterocycles. The first-order valence-corrected chi connectivity index (χ1v) is 8.67. The monoisotopic (exact) mass is 200 g/mol. The van der Waals surface area contributed by atoms with E-state index in [-0.39, 0.29) is 0 Å². The van der Waals surface area contributed by atoms with E-state index >= 15 is 0 Å². The summed E-state index contributed by atoms with van der Waals surface area (Å²) in [5.74, 6) is 0. The SMILES string of the molecule is C=C(CCCC)CCO[Si](C)(C)C. The van der Waals surface area contributed by atoms with Gasteiger partial charge < -0.3 is 4.43 Å². The Morgan fingerprint density at radius 1 is 1.23 bits per heavy atom. The molecule has 0 aromatic heterocycles. The van der Waals surface area contributed by atoms with Crippen LogP contribution in [0.1, 0.15) is 32.6 Å². The Balaban J connectivity index is 3.37. The van der Waals surface area contributed by atoms with Crippen LogP contribution in [0.5, 0.6) is 0 Å². The smallest absolute Gasteiger partial charge is 0.183 e. The lowest BCUT2D eigenvalue weighted by molar-refractivity contribution is 0.314. The topological polar surface area (TPSA) is 9.23 Å². The lowest BCUT2D eigenvalue weighted by Crippen LogP contribution is -2.25. The molecule has 0 N–H and O–H groups in total. The minimum Gasteiger partial charge on any atom is -0.417 e. The molecule has 2 heteroatoms. The zero-order valence-electron chi connectivity index (χ0n) is 9.65. The molecule has 0 heterocycles. The molecule has 0 saturated carbocycles. The average molecular weight is 200 g/mol. The van der Waals surface area contributed by atoms with Gasteiger partial charge in [-0.15, -0.1) is 0 Å². The highest BCUT2D eigenvalue weighted by Crippen LogP contribution is 2.11. The predicted octanol–water partition coefficient (Wildman–Crippen LogP) is 3.97. The summed E-state index contributed by atoms with van der Waals surface area (Å²) in [5.41, 5.74) is 1.35. The fourth-order valence-electron chi connectivity index (χ4n) is 1.05. The number of unbranched alkanes of at least 4 members (excludes halogenated alkanes) is 1. The number of rotatable bonds is 7. The molecule has 0 radical (unpaired) electrons. The van der Waals surface area contributed by atoms with Crippen molar-refractivity contribution in [2.24, 2.45) is 0 Å². The first-order chi connectivity index (χ1) is 5.95. The van der Waals surface area contributed by atoms with Crippen molar-refractivity contribution in [3.8, 4) is 0 Å². The van der Waals surface area contributed by atoms with Crippen LogP contribution in [0.3, 0.4) is 0 Å². The van der Waals surface area contributed by atoms with Gasteiger partial charge in [0.25, 0.3) is 0 Å². The fourth-order valence-corrected chi connectivity index (χ4v) is 1.77. The van der Waals surface area contributed by atoms with Gasteiger partial charge in [-0.1, -0.05) is 25.5 Å². The van der Waals surface area contributed by atoms with Crippen LogP contribution in [0.15, 0.2) is 12.2 Å². The Kier molecular flexibility index (Phi) is 6.34. The normalized spacial score (nSPS) is 11.7. The second-order valence-corrected chi connectivity index (χ2v) is 9.08. The summed E-state index contributed by atoms with van der Waals surface area (Å²) < 4.78 is 5.76. The van der Waals surface area contributed by atoms with Gasteiger partial charge in [-0.05, 0) is 38.9 Å². The molecule has 0 amide bonds. The minimum absolute atomic E-state index is 0.873. The third-order valence-corrected chi connectivity index (χ3v) is 2.94. The molecule has 0 aliphatic heterocycles. The Labute approximate surface area is 84.3 Å². The molecule has 13 heavy (non-hydrogen) atoms. The van der Waals surface area contributed by atoms with Crippen molar-refractivity contribution in [2.75, 3.05) is 6.61 Å². The second kappa shape index (κ2) is 6.38. The van der Waals surface area contributed by atoms with Gasteiger partial charge in [-0.3, -0.25) is 0 Å². The van der Waals surface area contributed by atoms with E-state index in [9.17, 15) is 0 Å². The first-order valence-electron chi connectivity index (χ1n) is 5.26. The molecule has 0 spiro atoms. The maximum atomic E-state index is 5.76. The van der Waals surface area contributed by atoms with Crippen molar-refractivity contribution in [2.45, 2.75) is 52.2 Å². The highest BCUT2D eigenvalue weighted by atomic mass is 28.4. The van der Waals surface area contributed by atoms with E-state index in [1.54, 1.807) is 0 Å². The highest BCUT2D eigenvalue weighted by molar-refractivity contribution is 6.69. The van der Waals surface area contributed by atoms with Gasteiger partial charge >= 0.3 is 0 Å². The molecule has 0 aliphatic rings. The van der Waals surface area contributed by atoms with Crippen LogP contribution in [-0.4, -0.2) is 14.9 Å². The highest BCUT2D eigenvalue weighted by Gasteiger charge is 2.13. The first kappa shape index (κ1) is 12.9. The molecule has 0 fully saturated rings. The Morgan fingerprint density at radius 2 is 1.85 bits per heavy atom. The van der Waals surface area contributed by atoms with E-state index in [1.165, 1.54) is 24.8 Å². The van der Waals surface area contributed by atoms with E-state index in [0.29, 0.717) is 0 Å². The van der Waals surface area contributed by atoms with Crippen LogP contribution in [0.4, 0.5) is 0 Å². The molecule has 0 rings (SSSR count). The lowest BCUT2D eigenvalue weighted by atomic mass is 10.1. The molecule has 0 aromatic carbocycles. The van der Waals surface area contributed by atoms with Crippen molar-refractivity contribution in [3.05, 3.63) is 12.2 Å². The summed E-state index contributed by atoms with van der Waals surface area (Å²) >= 11 is 0. The standard InChI is InChI=1S/C11H24OSi/c1-6-7-8-11(2)9-10-12-13(3,4)5/h2,6-10H2,1,3-5H3. The fraction of sp³-hybridized carbons (Fsp3) is 0.818. The van der Waals surface area contributed by atoms with Crippen molar-refractivity contribution in [3.63, 3.8) is 0 Å². The van der Waals surface area contributed by atoms with Crippen LogP contribution in [0.25, 0.3) is 0 Å². The van der Waals surface area contributed by atoms with Crippen molar-refractivity contribution in [1.29, 1.82) is 0 Å². The van der Waals surface area contributed by atoms with Crippen LogP contribution < -0.4 is 0 Å². The molecular weight excluding hydrogens is 176 g/mol. The molecule has 0 atom stereocenters. The predicted molar refractivity (Wildman–Crippen MR) is 62.6 cm³/mol. The number of hydrogen-bond donors (Lipinski definition) is 0. The summed E-state index contributed by atoms with van der Waals surface area (Å²) in [6.45, 7) is 13.8. The molecular formula is C11H24OSi. The zero-order chi connectivity index (χ0) is 10.3. The van der Waals surface area contributed by atoms with E-state index in [4.69, 9.17) is 4.43 Å². The largest absolute Gasteiger partial charge is 0.417 e. The van der Waals surface area contributed by atoms with E-state index in [2.05, 4.69) is 33.1 Å². The van der Waals surface area contributed by atoms with Crippen LogP contribution in [0.2, 0.25) is 19.6 Å². The summed E-state index contributed by atoms with van der Waals surface area (Å²) in [5, 5.41) is 0. The summed E-state index contributed by atoms with van der Waals surface area (Å²) in [4.78, 5) is 0. The molecule has 0 aromatic rings. The van der Waals surface area contributed by atoms with Gasteiger partial charge in [-0.2, -0.15) is 0 Å². The molecule has 0 aliphatic carbocycles. The lowest BCUT2D eigenvalue weighted by Gasteiger charge is -2.17. The third kappa shape index (κ3) is 9.83. The van der Waals surface area contributed by atoms with Crippen molar-refractivity contribution >= 4 is 8.32 Å². The zero-order valence-corrected chi connectivity index (χ0v) is 10.7.